The highest BCUT2D eigenvalue weighted by atomic mass is 16.4. The molecule has 0 bridgehead atoms. The summed E-state index contributed by atoms with van der Waals surface area (Å²) in [7, 11) is 0. The van der Waals surface area contributed by atoms with Crippen molar-refractivity contribution in [2.75, 3.05) is 6.61 Å². The Morgan fingerprint density at radius 3 is 2.08 bits per heavy atom. The number of carboxylic acid groups (broad SMARTS) is 1. The number of aliphatic hydroxyl groups excluding tert-OH is 4. The molecule has 0 rings (SSSR count). The molecule has 0 aliphatic rings. The lowest BCUT2D eigenvalue weighted by atomic mass is 10.1. The third-order valence-corrected chi connectivity index (χ3v) is 1.37. The Kier molecular flexibility index (Phi) is 4.75. The Bertz CT molecular complexity index is 147. The number of hydrogen-bond acceptors (Lipinski definition) is 6. The molecule has 6 heteroatoms. The van der Waals surface area contributed by atoms with E-state index in [-0.39, 0.29) is 0 Å². The van der Waals surface area contributed by atoms with Gasteiger partial charge >= 0.3 is 0 Å². The van der Waals surface area contributed by atoms with Crippen LogP contribution in [0.15, 0.2) is 0 Å². The smallest absolute Gasteiger partial charge is 0.103 e. The van der Waals surface area contributed by atoms with Gasteiger partial charge in [0.25, 0.3) is 0 Å². The topological polar surface area (TPSA) is 121 Å². The van der Waals surface area contributed by atoms with Gasteiger partial charge in [-0.3, -0.25) is 0 Å². The molecule has 0 heterocycles. The molecule has 0 unspecified atom stereocenters. The number of carboxylic acids is 1. The van der Waals surface area contributed by atoms with E-state index in [1.807, 2.05) is 0 Å². The summed E-state index contributed by atoms with van der Waals surface area (Å²) in [5.41, 5.74) is 0. The molecule has 0 aromatic heterocycles. The van der Waals surface area contributed by atoms with Crippen LogP contribution >= 0.6 is 0 Å². The molecule has 0 aromatic rings. The Hall–Kier alpha value is -0.690. The predicted molar refractivity (Wildman–Crippen MR) is 34.7 cm³/mol. The lowest BCUT2D eigenvalue weighted by Gasteiger charge is -2.19. The number of carbonyl (C=O) groups excluding carboxylic acids is 1. The number of aliphatic carboxylic acids is 1. The van der Waals surface area contributed by atoms with E-state index in [1.165, 1.54) is 0 Å². The van der Waals surface area contributed by atoms with Crippen LogP contribution in [0, 0.1) is 0 Å². The average molecular weight is 179 g/mol. The summed E-state index contributed by atoms with van der Waals surface area (Å²) in [6.45, 7) is -0.694. The van der Waals surface area contributed by atoms with Gasteiger partial charge in [-0.15, -0.1) is 0 Å². The van der Waals surface area contributed by atoms with E-state index in [0.29, 0.717) is 0 Å². The van der Waals surface area contributed by atoms with Crippen molar-refractivity contribution in [1.29, 1.82) is 0 Å². The number of carbonyl (C=O) groups is 1. The van der Waals surface area contributed by atoms with Crippen LogP contribution in [0.5, 0.6) is 0 Å². The van der Waals surface area contributed by atoms with Crippen molar-refractivity contribution in [2.45, 2.75) is 24.7 Å². The Labute approximate surface area is 68.7 Å². The van der Waals surface area contributed by atoms with Crippen LogP contribution in [0.2, 0.25) is 0 Å². The molecule has 0 aliphatic carbocycles. The molecular weight excluding hydrogens is 168 g/mol. The minimum atomic E-state index is -1.83. The summed E-state index contributed by atoms with van der Waals surface area (Å²) in [5.74, 6) is -1.72. The summed E-state index contributed by atoms with van der Waals surface area (Å²) < 4.78 is 0. The van der Waals surface area contributed by atoms with Gasteiger partial charge in [-0.1, -0.05) is 0 Å². The van der Waals surface area contributed by atoms with Crippen LogP contribution in [0.1, 0.15) is 6.42 Å². The summed E-state index contributed by atoms with van der Waals surface area (Å²) in [4.78, 5) is 9.93. The fourth-order valence-corrected chi connectivity index (χ4v) is 0.604. The lowest BCUT2D eigenvalue weighted by molar-refractivity contribution is -0.316. The van der Waals surface area contributed by atoms with Gasteiger partial charge in [0.05, 0.1) is 24.8 Å². The first-order chi connectivity index (χ1) is 5.49. The molecule has 0 fully saturated rings. The second-order valence-corrected chi connectivity index (χ2v) is 2.39. The molecule has 72 valence electrons. The molecule has 0 aliphatic heterocycles. The van der Waals surface area contributed by atoms with E-state index >= 15 is 0 Å². The monoisotopic (exact) mass is 179 g/mol. The van der Waals surface area contributed by atoms with Crippen molar-refractivity contribution in [3.8, 4) is 0 Å². The van der Waals surface area contributed by atoms with Crippen molar-refractivity contribution in [3.05, 3.63) is 0 Å². The van der Waals surface area contributed by atoms with E-state index in [1.54, 1.807) is 0 Å². The SMILES string of the molecule is O=C([O-])[C@@H](O)C[C@@H](O)[C@@H](O)CO. The molecule has 12 heavy (non-hydrogen) atoms. The molecule has 0 spiro atoms. The highest BCUT2D eigenvalue weighted by Gasteiger charge is 2.19. The zero-order valence-corrected chi connectivity index (χ0v) is 6.25. The standard InChI is InChI=1S/C6H12O6/c7-2-5(10)3(8)1-4(9)6(11)12/h3-5,7-10H,1-2H2,(H,11,12)/p-1/t3-,4+,5+/m1/s1. The van der Waals surface area contributed by atoms with Crippen molar-refractivity contribution >= 4 is 5.97 Å². The Balaban J connectivity index is 3.83. The van der Waals surface area contributed by atoms with E-state index in [4.69, 9.17) is 20.4 Å². The number of hydrogen-bond donors (Lipinski definition) is 4. The molecule has 0 radical (unpaired) electrons. The second kappa shape index (κ2) is 5.04. The zero-order valence-electron chi connectivity index (χ0n) is 6.25. The summed E-state index contributed by atoms with van der Waals surface area (Å²) in [6, 6.07) is 0. The maximum absolute atomic E-state index is 9.93. The molecule has 0 aromatic carbocycles. The Morgan fingerprint density at radius 1 is 1.25 bits per heavy atom. The van der Waals surface area contributed by atoms with E-state index in [9.17, 15) is 9.90 Å². The van der Waals surface area contributed by atoms with Gasteiger partial charge in [-0.25, -0.2) is 0 Å². The van der Waals surface area contributed by atoms with Crippen molar-refractivity contribution in [1.82, 2.24) is 0 Å². The molecule has 0 amide bonds. The maximum Gasteiger partial charge on any atom is 0.103 e. The normalized spacial score (nSPS) is 18.3. The summed E-state index contributed by atoms with van der Waals surface area (Å²) in [6.07, 6.45) is -5.31. The molecule has 4 N–H and O–H groups in total. The van der Waals surface area contributed by atoms with Gasteiger partial charge in [-0.2, -0.15) is 0 Å². The van der Waals surface area contributed by atoms with Gasteiger partial charge in [0.2, 0.25) is 0 Å². The molecule has 0 saturated heterocycles. The summed E-state index contributed by atoms with van der Waals surface area (Å²) in [5, 5.41) is 44.5. The van der Waals surface area contributed by atoms with Gasteiger partial charge in [0.15, 0.2) is 0 Å². The van der Waals surface area contributed by atoms with Crippen LogP contribution in [-0.2, 0) is 4.79 Å². The van der Waals surface area contributed by atoms with Crippen molar-refractivity contribution in [3.63, 3.8) is 0 Å². The molecular formula is C6H11O6-. The molecule has 6 nitrogen and oxygen atoms in total. The van der Waals surface area contributed by atoms with Crippen LogP contribution in [-0.4, -0.2) is 51.3 Å². The minimum absolute atomic E-state index is 0.565. The van der Waals surface area contributed by atoms with Crippen LogP contribution < -0.4 is 5.11 Å². The van der Waals surface area contributed by atoms with E-state index in [2.05, 4.69) is 0 Å². The highest BCUT2D eigenvalue weighted by molar-refractivity contribution is 5.69. The predicted octanol–water partition coefficient (Wildman–Crippen LogP) is -3.80. The highest BCUT2D eigenvalue weighted by Crippen LogP contribution is 2.02. The first-order valence-corrected chi connectivity index (χ1v) is 3.35. The third-order valence-electron chi connectivity index (χ3n) is 1.37. The third kappa shape index (κ3) is 3.63. The number of aliphatic hydroxyl groups is 4. The van der Waals surface area contributed by atoms with Gasteiger partial charge in [0, 0.05) is 6.42 Å². The Morgan fingerprint density at radius 2 is 1.75 bits per heavy atom. The van der Waals surface area contributed by atoms with Crippen LogP contribution in [0.4, 0.5) is 0 Å². The van der Waals surface area contributed by atoms with Gasteiger partial charge < -0.3 is 30.3 Å². The first-order valence-electron chi connectivity index (χ1n) is 3.35. The summed E-state index contributed by atoms with van der Waals surface area (Å²) >= 11 is 0. The first kappa shape index (κ1) is 11.3. The van der Waals surface area contributed by atoms with E-state index in [0.717, 1.165) is 0 Å². The number of rotatable bonds is 5. The lowest BCUT2D eigenvalue weighted by Crippen LogP contribution is -2.41. The fourth-order valence-electron chi connectivity index (χ4n) is 0.604. The average Bonchev–Trinajstić information content (AvgIpc) is 2.02. The molecule has 0 saturated carbocycles. The zero-order chi connectivity index (χ0) is 9.72. The quantitative estimate of drug-likeness (QED) is 0.343. The largest absolute Gasteiger partial charge is 0.547 e. The van der Waals surface area contributed by atoms with Crippen molar-refractivity contribution < 1.29 is 30.3 Å². The van der Waals surface area contributed by atoms with Crippen LogP contribution in [0.3, 0.4) is 0 Å². The second-order valence-electron chi connectivity index (χ2n) is 2.39. The van der Waals surface area contributed by atoms with E-state index < -0.39 is 37.3 Å². The molecule has 3 atom stereocenters. The maximum atomic E-state index is 9.93. The van der Waals surface area contributed by atoms with Crippen LogP contribution in [0.25, 0.3) is 0 Å². The van der Waals surface area contributed by atoms with Gasteiger partial charge in [0.1, 0.15) is 6.10 Å². The minimum Gasteiger partial charge on any atom is -0.547 e. The van der Waals surface area contributed by atoms with Gasteiger partial charge in [-0.05, 0) is 0 Å². The fraction of sp³-hybridized carbons (Fsp3) is 0.833. The van der Waals surface area contributed by atoms with Crippen molar-refractivity contribution in [2.24, 2.45) is 0 Å².